The zero-order valence-electron chi connectivity index (χ0n) is 59.0. The summed E-state index contributed by atoms with van der Waals surface area (Å²) in [5.41, 5.74) is -0.508. The molecule has 3 saturated heterocycles. The van der Waals surface area contributed by atoms with Crippen LogP contribution >= 0.6 is 22.6 Å². The normalized spacial score (nSPS) is 25.6. The Morgan fingerprint density at radius 1 is 0.667 bits per heavy atom. The third-order valence-corrected chi connectivity index (χ3v) is 19.7. The Hall–Kier alpha value is -7.83. The summed E-state index contributed by atoms with van der Waals surface area (Å²) >= 11 is 2.11. The van der Waals surface area contributed by atoms with Gasteiger partial charge in [-0.3, -0.25) is 57.5 Å². The van der Waals surface area contributed by atoms with E-state index in [0.717, 1.165) is 24.7 Å². The molecule has 3 aliphatic rings. The van der Waals surface area contributed by atoms with Crippen LogP contribution in [0.4, 0.5) is 0 Å². The minimum atomic E-state index is -1.76. The maximum Gasteiger partial charge on any atom is 0.246 e. The minimum absolute atomic E-state index is 0.0435. The van der Waals surface area contributed by atoms with Crippen molar-refractivity contribution in [1.82, 2.24) is 60.5 Å². The molecule has 4 N–H and O–H groups in total. The van der Waals surface area contributed by atoms with Crippen molar-refractivity contribution in [2.24, 2.45) is 17.8 Å². The molecule has 3 fully saturated rings. The van der Waals surface area contributed by atoms with E-state index in [9.17, 15) is 52.7 Å². The molecule has 0 spiro atoms. The van der Waals surface area contributed by atoms with Crippen LogP contribution in [0.1, 0.15) is 131 Å². The number of rotatable bonds is 13. The van der Waals surface area contributed by atoms with Crippen molar-refractivity contribution >= 4 is 93.5 Å². The summed E-state index contributed by atoms with van der Waals surface area (Å²) in [7, 11) is 9.91. The number of carbonyl (C=O) groups is 12. The van der Waals surface area contributed by atoms with Crippen LogP contribution in [0.25, 0.3) is 0 Å². The van der Waals surface area contributed by atoms with Crippen LogP contribution in [0.3, 0.4) is 0 Å². The fraction of sp³-hybridized carbons (Fsp3) is 0.629. The van der Waals surface area contributed by atoms with Crippen LogP contribution in [0.15, 0.2) is 48.5 Å². The third kappa shape index (κ3) is 20.1. The van der Waals surface area contributed by atoms with Gasteiger partial charge >= 0.3 is 0 Å². The van der Waals surface area contributed by atoms with Crippen molar-refractivity contribution in [3.8, 4) is 18.1 Å². The number of likely N-dealkylation sites (N-methyl/N-ethyl adjacent to an activating group) is 6. The van der Waals surface area contributed by atoms with Crippen LogP contribution in [0.2, 0.25) is 0 Å². The van der Waals surface area contributed by atoms with Gasteiger partial charge < -0.3 is 65.2 Å². The number of benzene rings is 2. The van der Waals surface area contributed by atoms with Crippen LogP contribution < -0.4 is 26.0 Å². The number of halogens is 1. The second-order valence-electron chi connectivity index (χ2n) is 27.3. The summed E-state index contributed by atoms with van der Waals surface area (Å²) in [4.78, 5) is 188. The predicted octanol–water partition coefficient (Wildman–Crippen LogP) is 3.23. The van der Waals surface area contributed by atoms with Crippen molar-refractivity contribution in [2.75, 3.05) is 75.6 Å². The SMILES string of the molecule is C#CC[C@@H]1NC(=O)[C@H](Cc2cccc(I)c2)NC(=O)CN(C)C(=O)[C@H](Cc2ccc(OC)cc2)N(C)C(=O)C2CCN2C(=O)[C@H](C)N(C)C(=O)[C@H]([C@@H](C)CC)NC(=O)[C@H](CC(C)C)N(C)C(=O)C[C@@H](C(=O)N2CCCCC2)N(C)C(=O)[C@H](CC(C)C)NC(=O)C(C)(C)N(C)C1=O. The lowest BCUT2D eigenvalue weighted by Gasteiger charge is -2.45. The molecule has 96 heavy (non-hydrogen) atoms. The number of hydrogen-bond donors (Lipinski definition) is 4. The van der Waals surface area contributed by atoms with Crippen LogP contribution in [0, 0.1) is 33.7 Å². The van der Waals surface area contributed by atoms with Gasteiger partial charge in [0.05, 0.1) is 20.1 Å². The predicted molar refractivity (Wildman–Crippen MR) is 371 cm³/mol. The van der Waals surface area contributed by atoms with Crippen molar-refractivity contribution in [1.29, 1.82) is 0 Å². The molecule has 0 aromatic heterocycles. The standard InChI is InChI=1S/C70H103IN12O13/c1-18-24-50-64(90)81(16)70(9,10)69(95)74-52(35-42(3)4)63(89)79(14)56(67(93)82-32-21-20-22-33-82)40-58(85)78(13)54(36-43(5)6)61(87)75-59(44(7)19-2)68(94)77(12)45(8)62(88)83-34-31-53(83)66(92)80(15)55(39-46-27-29-49(96-17)30-28-46)65(91)76(11)41-57(84)72-51(60(86)73-50)38-47-25-23-26-48(71)37-47/h1,23,25-30,37,42-45,50-56,59H,19-22,24,31-36,38-41H2,2-17H3,(H,72,84)(H,73,86)(H,74,95)(H,75,87)/t44-,45-,50-,51-,52-,53?,54-,55-,56-,59-/m0/s1. The van der Waals surface area contributed by atoms with Gasteiger partial charge in [-0.05, 0) is 135 Å². The van der Waals surface area contributed by atoms with E-state index >= 15 is 4.79 Å². The highest BCUT2D eigenvalue weighted by Gasteiger charge is 2.47. The first kappa shape index (κ1) is 78.9. The number of nitrogens with one attached hydrogen (secondary N) is 4. The van der Waals surface area contributed by atoms with E-state index in [4.69, 9.17) is 11.2 Å². The summed E-state index contributed by atoms with van der Waals surface area (Å²) in [5.74, 6) is -6.13. The lowest BCUT2D eigenvalue weighted by molar-refractivity contribution is -0.160. The minimum Gasteiger partial charge on any atom is -0.497 e. The van der Waals surface area contributed by atoms with Crippen LogP contribution in [0.5, 0.6) is 5.75 Å². The van der Waals surface area contributed by atoms with Crippen molar-refractivity contribution in [2.45, 2.75) is 193 Å². The number of nitrogens with zero attached hydrogens (tertiary/aromatic N) is 8. The number of hydrogen-bond acceptors (Lipinski definition) is 13. The van der Waals surface area contributed by atoms with E-state index in [1.165, 1.54) is 89.8 Å². The van der Waals surface area contributed by atoms with Gasteiger partial charge in [-0.25, -0.2) is 0 Å². The molecule has 0 bridgehead atoms. The molecule has 2 aromatic carbocycles. The van der Waals surface area contributed by atoms with Gasteiger partial charge in [0.2, 0.25) is 70.9 Å². The average molecular weight is 1450 g/mol. The highest BCUT2D eigenvalue weighted by molar-refractivity contribution is 14.1. The number of piperidine rings is 1. The maximum absolute atomic E-state index is 15.1. The lowest BCUT2D eigenvalue weighted by atomic mass is 9.94. The Morgan fingerprint density at radius 2 is 1.30 bits per heavy atom. The zero-order chi connectivity index (χ0) is 71.8. The lowest BCUT2D eigenvalue weighted by Crippen LogP contribution is -2.65. The Labute approximate surface area is 580 Å². The number of terminal acetylenes is 1. The monoisotopic (exact) mass is 1450 g/mol. The third-order valence-electron chi connectivity index (χ3n) is 19.0. The summed E-state index contributed by atoms with van der Waals surface area (Å²) in [5, 5.41) is 11.2. The molecule has 10 atom stereocenters. The smallest absolute Gasteiger partial charge is 0.246 e. The number of fused-ring (bicyclic) bond motifs is 1. The molecular formula is C70H103IN12O13. The topological polar surface area (TPSA) is 288 Å². The quantitative estimate of drug-likeness (QED) is 0.166. The van der Waals surface area contributed by atoms with Gasteiger partial charge in [-0.2, -0.15) is 0 Å². The first-order valence-corrected chi connectivity index (χ1v) is 34.4. The molecule has 528 valence electrons. The van der Waals surface area contributed by atoms with E-state index in [-0.39, 0.29) is 56.9 Å². The molecule has 3 aliphatic heterocycles. The van der Waals surface area contributed by atoms with Gasteiger partial charge in [0.25, 0.3) is 0 Å². The molecule has 25 nitrogen and oxygen atoms in total. The molecule has 3 heterocycles. The molecule has 0 aliphatic carbocycles. The van der Waals surface area contributed by atoms with E-state index in [1.54, 1.807) is 54.3 Å². The molecule has 12 amide bonds. The molecule has 5 rings (SSSR count). The largest absolute Gasteiger partial charge is 0.497 e. The second kappa shape index (κ2) is 35.4. The summed E-state index contributed by atoms with van der Waals surface area (Å²) in [6.07, 6.45) is 7.83. The Morgan fingerprint density at radius 3 is 1.86 bits per heavy atom. The van der Waals surface area contributed by atoms with Crippen molar-refractivity contribution < 1.29 is 62.3 Å². The van der Waals surface area contributed by atoms with Gasteiger partial charge in [-0.15, -0.1) is 12.3 Å². The van der Waals surface area contributed by atoms with Crippen molar-refractivity contribution in [3.05, 3.63) is 63.2 Å². The number of methoxy groups -OCH3 is 1. The summed E-state index contributed by atoms with van der Waals surface area (Å²) in [6, 6.07) is 2.57. The Bertz CT molecular complexity index is 3190. The first-order valence-electron chi connectivity index (χ1n) is 33.3. The Kier molecular flexibility index (Phi) is 29.1. The fourth-order valence-corrected chi connectivity index (χ4v) is 12.7. The zero-order valence-corrected chi connectivity index (χ0v) is 61.2. The molecule has 2 aromatic rings. The highest BCUT2D eigenvalue weighted by atomic mass is 127. The van der Waals surface area contributed by atoms with Crippen LogP contribution in [-0.4, -0.2) is 246 Å². The number of likely N-dealkylation sites (tertiary alicyclic amines) is 1. The second-order valence-corrected chi connectivity index (χ2v) is 28.5. The Balaban J connectivity index is 1.63. The summed E-state index contributed by atoms with van der Waals surface area (Å²) < 4.78 is 6.19. The van der Waals surface area contributed by atoms with Gasteiger partial charge in [0.15, 0.2) is 0 Å². The van der Waals surface area contributed by atoms with E-state index in [1.807, 2.05) is 40.7 Å². The number of amides is 12. The average Bonchev–Trinajstić information content (AvgIpc) is 0.793. The van der Waals surface area contributed by atoms with E-state index < -0.39 is 150 Å². The molecule has 1 unspecified atom stereocenters. The fourth-order valence-electron chi connectivity index (χ4n) is 12.1. The maximum atomic E-state index is 15.1. The van der Waals surface area contributed by atoms with Crippen LogP contribution in [-0.2, 0) is 70.4 Å². The molecule has 0 saturated carbocycles. The number of carbonyl (C=O) groups excluding carboxylic acids is 12. The van der Waals surface area contributed by atoms with Gasteiger partial charge in [0, 0.05) is 84.8 Å². The first-order chi connectivity index (χ1) is 45.1. The summed E-state index contributed by atoms with van der Waals surface area (Å²) in [6.45, 7) is 15.7. The molecule has 26 heteroatoms. The van der Waals surface area contributed by atoms with E-state index in [0.29, 0.717) is 49.2 Å². The van der Waals surface area contributed by atoms with E-state index in [2.05, 4.69) is 49.8 Å². The molecular weight excluding hydrogens is 1340 g/mol. The number of ether oxygens (including phenoxy) is 1. The van der Waals surface area contributed by atoms with Gasteiger partial charge in [0.1, 0.15) is 65.7 Å². The molecule has 0 radical (unpaired) electrons. The van der Waals surface area contributed by atoms with Gasteiger partial charge in [-0.1, -0.05) is 72.2 Å². The highest BCUT2D eigenvalue weighted by Crippen LogP contribution is 2.27. The van der Waals surface area contributed by atoms with Crippen molar-refractivity contribution in [3.63, 3.8) is 0 Å².